The molecule has 6 heteroatoms. The third-order valence-corrected chi connectivity index (χ3v) is 4.90. The van der Waals surface area contributed by atoms with E-state index >= 15 is 0 Å². The maximum Gasteiger partial charge on any atom is 0.317 e. The molecule has 0 aromatic carbocycles. The predicted molar refractivity (Wildman–Crippen MR) is 90.3 cm³/mol. The summed E-state index contributed by atoms with van der Waals surface area (Å²) in [5, 5.41) is 7.04. The number of carbonyl (C=O) groups excluding carboxylic acids is 1. The van der Waals surface area contributed by atoms with Gasteiger partial charge >= 0.3 is 6.03 Å². The van der Waals surface area contributed by atoms with Crippen molar-refractivity contribution in [2.75, 3.05) is 27.2 Å². The highest BCUT2D eigenvalue weighted by atomic mass is 16.5. The van der Waals surface area contributed by atoms with Crippen LogP contribution in [0, 0.1) is 0 Å². The van der Waals surface area contributed by atoms with Gasteiger partial charge in [0.2, 0.25) is 0 Å². The van der Waals surface area contributed by atoms with Gasteiger partial charge in [0.25, 0.3) is 0 Å². The molecular weight excluding hydrogens is 292 g/mol. The molecule has 0 aliphatic carbocycles. The first-order chi connectivity index (χ1) is 11.0. The van der Waals surface area contributed by atoms with Crippen LogP contribution >= 0.6 is 0 Å². The predicted octanol–water partition coefficient (Wildman–Crippen LogP) is 2.81. The summed E-state index contributed by atoms with van der Waals surface area (Å²) < 4.78 is 5.34. The van der Waals surface area contributed by atoms with Crippen molar-refractivity contribution in [3.05, 3.63) is 17.5 Å². The molecule has 1 N–H and O–H groups in total. The summed E-state index contributed by atoms with van der Waals surface area (Å²) in [6.45, 7) is 6.57. The van der Waals surface area contributed by atoms with Crippen LogP contribution in [0.4, 0.5) is 4.79 Å². The molecule has 0 spiro atoms. The van der Waals surface area contributed by atoms with Gasteiger partial charge in [-0.3, -0.25) is 0 Å². The normalized spacial score (nSPS) is 18.6. The summed E-state index contributed by atoms with van der Waals surface area (Å²) in [6, 6.07) is 2.37. The Kier molecular flexibility index (Phi) is 6.45. The third kappa shape index (κ3) is 4.70. The van der Waals surface area contributed by atoms with Crippen molar-refractivity contribution in [2.24, 2.45) is 0 Å². The van der Waals surface area contributed by atoms with Gasteiger partial charge in [-0.2, -0.15) is 0 Å². The van der Waals surface area contributed by atoms with E-state index in [9.17, 15) is 4.79 Å². The Bertz CT molecular complexity index is 499. The first-order valence-corrected chi connectivity index (χ1v) is 8.69. The molecule has 1 aliphatic rings. The van der Waals surface area contributed by atoms with E-state index in [0.29, 0.717) is 24.3 Å². The lowest BCUT2D eigenvalue weighted by Gasteiger charge is -2.25. The number of hydrogen-bond donors (Lipinski definition) is 1. The fourth-order valence-corrected chi connectivity index (χ4v) is 3.22. The molecule has 0 radical (unpaired) electrons. The zero-order valence-electron chi connectivity index (χ0n) is 14.8. The number of likely N-dealkylation sites (N-methyl/N-ethyl adjacent to an activating group) is 2. The van der Waals surface area contributed by atoms with Crippen LogP contribution in [-0.2, 0) is 6.54 Å². The summed E-state index contributed by atoms with van der Waals surface area (Å²) >= 11 is 0. The van der Waals surface area contributed by atoms with Crippen LogP contribution in [0.5, 0.6) is 0 Å². The standard InChI is InChI=1S/C17H30N4O2/c1-5-13(6-2)16-10-15(23-19-16)11-18-17(22)21(4)12-14-8-7-9-20(14)3/h10,13-14H,5-9,11-12H2,1-4H3,(H,18,22). The van der Waals surface area contributed by atoms with Gasteiger partial charge in [0, 0.05) is 31.6 Å². The number of rotatable bonds is 7. The molecule has 1 aliphatic heterocycles. The molecule has 2 rings (SSSR count). The second-order valence-corrected chi connectivity index (χ2v) is 6.55. The monoisotopic (exact) mass is 322 g/mol. The van der Waals surface area contributed by atoms with Crippen molar-refractivity contribution in [1.29, 1.82) is 0 Å². The zero-order valence-corrected chi connectivity index (χ0v) is 14.8. The van der Waals surface area contributed by atoms with Crippen LogP contribution in [0.15, 0.2) is 10.6 Å². The molecule has 0 saturated carbocycles. The van der Waals surface area contributed by atoms with Crippen molar-refractivity contribution < 1.29 is 9.32 Å². The Morgan fingerprint density at radius 3 is 2.87 bits per heavy atom. The average Bonchev–Trinajstić information content (AvgIpc) is 3.16. The summed E-state index contributed by atoms with van der Waals surface area (Å²) in [4.78, 5) is 16.3. The second-order valence-electron chi connectivity index (χ2n) is 6.55. The molecule has 0 bridgehead atoms. The molecule has 130 valence electrons. The number of amides is 2. The summed E-state index contributed by atoms with van der Waals surface area (Å²) in [5.74, 6) is 1.15. The molecule has 2 heterocycles. The van der Waals surface area contributed by atoms with Crippen LogP contribution in [0.1, 0.15) is 56.9 Å². The maximum absolute atomic E-state index is 12.2. The highest BCUT2D eigenvalue weighted by molar-refractivity contribution is 5.73. The van der Waals surface area contributed by atoms with Gasteiger partial charge in [0.1, 0.15) is 0 Å². The van der Waals surface area contributed by atoms with Gasteiger partial charge in [-0.05, 0) is 39.3 Å². The zero-order chi connectivity index (χ0) is 16.8. The van der Waals surface area contributed by atoms with Crippen molar-refractivity contribution >= 4 is 6.03 Å². The number of urea groups is 1. The third-order valence-electron chi connectivity index (χ3n) is 4.90. The molecule has 1 aromatic heterocycles. The van der Waals surface area contributed by atoms with E-state index in [1.165, 1.54) is 6.42 Å². The van der Waals surface area contributed by atoms with Crippen LogP contribution in [0.3, 0.4) is 0 Å². The SMILES string of the molecule is CCC(CC)c1cc(CNC(=O)N(C)CC2CCCN2C)on1. The lowest BCUT2D eigenvalue weighted by Crippen LogP contribution is -2.43. The fourth-order valence-electron chi connectivity index (χ4n) is 3.22. The van der Waals surface area contributed by atoms with Crippen molar-refractivity contribution in [2.45, 2.75) is 58.0 Å². The Morgan fingerprint density at radius 1 is 1.52 bits per heavy atom. The lowest BCUT2D eigenvalue weighted by molar-refractivity contribution is 0.188. The number of carbonyl (C=O) groups is 1. The molecule has 1 fully saturated rings. The van der Waals surface area contributed by atoms with Gasteiger partial charge in [-0.25, -0.2) is 4.79 Å². The van der Waals surface area contributed by atoms with Crippen LogP contribution in [0.2, 0.25) is 0 Å². The molecule has 2 amide bonds. The van der Waals surface area contributed by atoms with Crippen LogP contribution in [-0.4, -0.2) is 54.2 Å². The number of likely N-dealkylation sites (tertiary alicyclic amines) is 1. The fraction of sp³-hybridized carbons (Fsp3) is 0.765. The second kappa shape index (κ2) is 8.34. The first kappa shape index (κ1) is 17.8. The lowest BCUT2D eigenvalue weighted by atomic mass is 9.99. The number of aromatic nitrogens is 1. The first-order valence-electron chi connectivity index (χ1n) is 8.69. The minimum Gasteiger partial charge on any atom is -0.359 e. The number of nitrogens with zero attached hydrogens (tertiary/aromatic N) is 3. The molecular formula is C17H30N4O2. The summed E-state index contributed by atoms with van der Waals surface area (Å²) in [7, 11) is 3.97. The van der Waals surface area contributed by atoms with Gasteiger partial charge < -0.3 is 19.6 Å². The smallest absolute Gasteiger partial charge is 0.317 e. The highest BCUT2D eigenvalue weighted by Crippen LogP contribution is 2.22. The van der Waals surface area contributed by atoms with E-state index in [-0.39, 0.29) is 6.03 Å². The van der Waals surface area contributed by atoms with Crippen molar-refractivity contribution in [3.63, 3.8) is 0 Å². The Labute approximate surface area is 139 Å². The van der Waals surface area contributed by atoms with Crippen LogP contribution < -0.4 is 5.32 Å². The Balaban J connectivity index is 1.79. The van der Waals surface area contributed by atoms with E-state index in [0.717, 1.165) is 38.0 Å². The largest absolute Gasteiger partial charge is 0.359 e. The van der Waals surface area contributed by atoms with Crippen LogP contribution in [0.25, 0.3) is 0 Å². The molecule has 1 atom stereocenters. The van der Waals surface area contributed by atoms with E-state index in [2.05, 4.69) is 36.3 Å². The molecule has 23 heavy (non-hydrogen) atoms. The number of nitrogens with one attached hydrogen (secondary N) is 1. The van der Waals surface area contributed by atoms with E-state index < -0.39 is 0 Å². The van der Waals surface area contributed by atoms with Gasteiger partial charge in [-0.1, -0.05) is 19.0 Å². The summed E-state index contributed by atoms with van der Waals surface area (Å²) in [6.07, 6.45) is 4.47. The van der Waals surface area contributed by atoms with E-state index in [1.54, 1.807) is 4.90 Å². The minimum atomic E-state index is -0.0641. The summed E-state index contributed by atoms with van der Waals surface area (Å²) in [5.41, 5.74) is 0.986. The quantitative estimate of drug-likeness (QED) is 0.838. The average molecular weight is 322 g/mol. The van der Waals surface area contributed by atoms with Crippen molar-refractivity contribution in [3.8, 4) is 0 Å². The van der Waals surface area contributed by atoms with E-state index in [4.69, 9.17) is 4.52 Å². The van der Waals surface area contributed by atoms with Gasteiger partial charge in [0.05, 0.1) is 12.2 Å². The van der Waals surface area contributed by atoms with E-state index in [1.807, 2.05) is 13.1 Å². The topological polar surface area (TPSA) is 61.6 Å². The van der Waals surface area contributed by atoms with Gasteiger partial charge in [-0.15, -0.1) is 0 Å². The van der Waals surface area contributed by atoms with Gasteiger partial charge in [0.15, 0.2) is 5.76 Å². The molecule has 1 saturated heterocycles. The Hall–Kier alpha value is -1.56. The maximum atomic E-state index is 12.2. The van der Waals surface area contributed by atoms with Crippen molar-refractivity contribution in [1.82, 2.24) is 20.3 Å². The molecule has 1 aromatic rings. The number of hydrogen-bond acceptors (Lipinski definition) is 4. The minimum absolute atomic E-state index is 0.0641. The highest BCUT2D eigenvalue weighted by Gasteiger charge is 2.24. The molecule has 6 nitrogen and oxygen atoms in total. The Morgan fingerprint density at radius 2 is 2.26 bits per heavy atom. The molecule has 1 unspecified atom stereocenters.